The van der Waals surface area contributed by atoms with Crippen LogP contribution in [0.1, 0.15) is 5.56 Å². The SMILES string of the molecule is FC(F)(F)c1ccc(N(c2ccccc2)c2ccc(I)cc2)cc1. The van der Waals surface area contributed by atoms with Gasteiger partial charge in [-0.2, -0.15) is 13.2 Å². The smallest absolute Gasteiger partial charge is 0.311 e. The number of para-hydroxylation sites is 1. The molecule has 0 atom stereocenters. The molecule has 5 heteroatoms. The van der Waals surface area contributed by atoms with Crippen LogP contribution in [-0.2, 0) is 6.18 Å². The van der Waals surface area contributed by atoms with Crippen LogP contribution in [0, 0.1) is 3.57 Å². The Labute approximate surface area is 151 Å². The molecule has 1 nitrogen and oxygen atoms in total. The number of rotatable bonds is 3. The van der Waals surface area contributed by atoms with Crippen molar-refractivity contribution >= 4 is 39.7 Å². The minimum absolute atomic E-state index is 0.651. The molecule has 0 fully saturated rings. The predicted molar refractivity (Wildman–Crippen MR) is 98.8 cm³/mol. The molecule has 24 heavy (non-hydrogen) atoms. The van der Waals surface area contributed by atoms with Gasteiger partial charge in [0.1, 0.15) is 0 Å². The summed E-state index contributed by atoms with van der Waals surface area (Å²) in [5.74, 6) is 0. The van der Waals surface area contributed by atoms with Gasteiger partial charge in [0.2, 0.25) is 0 Å². The van der Waals surface area contributed by atoms with Crippen molar-refractivity contribution in [3.8, 4) is 0 Å². The van der Waals surface area contributed by atoms with Crippen molar-refractivity contribution in [3.63, 3.8) is 0 Å². The minimum atomic E-state index is -4.33. The Morgan fingerprint density at radius 2 is 1.08 bits per heavy atom. The van der Waals surface area contributed by atoms with Crippen molar-refractivity contribution in [1.29, 1.82) is 0 Å². The average Bonchev–Trinajstić information content (AvgIpc) is 2.58. The van der Waals surface area contributed by atoms with E-state index in [9.17, 15) is 13.2 Å². The first-order valence-electron chi connectivity index (χ1n) is 7.23. The molecule has 0 aromatic heterocycles. The number of alkyl halides is 3. The molecule has 0 aliphatic heterocycles. The molecule has 3 aromatic carbocycles. The molecule has 0 heterocycles. The molecule has 122 valence electrons. The number of benzene rings is 3. The second-order valence-corrected chi connectivity index (χ2v) is 6.44. The Morgan fingerprint density at radius 1 is 0.625 bits per heavy atom. The van der Waals surface area contributed by atoms with Gasteiger partial charge in [0.25, 0.3) is 0 Å². The predicted octanol–water partition coefficient (Wildman–Crippen LogP) is 6.78. The van der Waals surface area contributed by atoms with Crippen LogP contribution in [0.25, 0.3) is 0 Å². The van der Waals surface area contributed by atoms with Gasteiger partial charge in [-0.25, -0.2) is 0 Å². The molecule has 0 saturated carbocycles. The summed E-state index contributed by atoms with van der Waals surface area (Å²) in [7, 11) is 0. The van der Waals surface area contributed by atoms with Crippen LogP contribution in [0.5, 0.6) is 0 Å². The van der Waals surface area contributed by atoms with Crippen molar-refractivity contribution in [2.45, 2.75) is 6.18 Å². The Hall–Kier alpha value is -2.02. The maximum absolute atomic E-state index is 12.8. The van der Waals surface area contributed by atoms with Crippen molar-refractivity contribution in [1.82, 2.24) is 0 Å². The molecule has 0 amide bonds. The maximum atomic E-state index is 12.8. The van der Waals surface area contributed by atoms with E-state index in [4.69, 9.17) is 0 Å². The summed E-state index contributed by atoms with van der Waals surface area (Å²) in [5.41, 5.74) is 1.80. The molecular formula is C19H13F3IN. The fraction of sp³-hybridized carbons (Fsp3) is 0.0526. The second-order valence-electron chi connectivity index (χ2n) is 5.19. The first-order chi connectivity index (χ1) is 11.4. The lowest BCUT2D eigenvalue weighted by atomic mass is 10.1. The first-order valence-corrected chi connectivity index (χ1v) is 8.31. The van der Waals surface area contributed by atoms with E-state index in [1.807, 2.05) is 59.5 Å². The molecular weight excluding hydrogens is 426 g/mol. The lowest BCUT2D eigenvalue weighted by Crippen LogP contribution is -2.11. The van der Waals surface area contributed by atoms with E-state index in [0.717, 1.165) is 27.1 Å². The molecule has 3 aromatic rings. The fourth-order valence-corrected chi connectivity index (χ4v) is 2.77. The lowest BCUT2D eigenvalue weighted by Gasteiger charge is -2.25. The third-order valence-corrected chi connectivity index (χ3v) is 4.27. The van der Waals surface area contributed by atoms with Crippen LogP contribution in [0.3, 0.4) is 0 Å². The van der Waals surface area contributed by atoms with Gasteiger partial charge in [-0.3, -0.25) is 0 Å². The van der Waals surface area contributed by atoms with Crippen LogP contribution in [0.4, 0.5) is 30.2 Å². The molecule has 0 bridgehead atoms. The van der Waals surface area contributed by atoms with Gasteiger partial charge >= 0.3 is 6.18 Å². The van der Waals surface area contributed by atoms with Crippen molar-refractivity contribution in [2.75, 3.05) is 4.90 Å². The van der Waals surface area contributed by atoms with E-state index >= 15 is 0 Å². The summed E-state index contributed by atoms with van der Waals surface area (Å²) in [6, 6.07) is 22.6. The highest BCUT2D eigenvalue weighted by molar-refractivity contribution is 14.1. The van der Waals surface area contributed by atoms with Crippen molar-refractivity contribution < 1.29 is 13.2 Å². The molecule has 0 aliphatic carbocycles. The molecule has 0 radical (unpaired) electrons. The molecule has 0 spiro atoms. The lowest BCUT2D eigenvalue weighted by molar-refractivity contribution is -0.137. The van der Waals surface area contributed by atoms with E-state index in [-0.39, 0.29) is 0 Å². The summed E-state index contributed by atoms with van der Waals surface area (Å²) in [4.78, 5) is 1.93. The minimum Gasteiger partial charge on any atom is -0.311 e. The number of hydrogen-bond acceptors (Lipinski definition) is 1. The van der Waals surface area contributed by atoms with Gasteiger partial charge < -0.3 is 4.90 Å². The van der Waals surface area contributed by atoms with E-state index in [2.05, 4.69) is 22.6 Å². The van der Waals surface area contributed by atoms with Gasteiger partial charge in [0, 0.05) is 20.6 Å². The van der Waals surface area contributed by atoms with E-state index in [1.54, 1.807) is 0 Å². The normalized spacial score (nSPS) is 11.3. The van der Waals surface area contributed by atoms with Gasteiger partial charge in [-0.05, 0) is 83.3 Å². The van der Waals surface area contributed by atoms with Crippen molar-refractivity contribution in [3.05, 3.63) is 88.0 Å². The quantitative estimate of drug-likeness (QED) is 0.407. The highest BCUT2D eigenvalue weighted by Gasteiger charge is 2.30. The van der Waals surface area contributed by atoms with E-state index in [0.29, 0.717) is 5.69 Å². The molecule has 0 N–H and O–H groups in total. The molecule has 0 aliphatic rings. The largest absolute Gasteiger partial charge is 0.416 e. The number of halogens is 4. The fourth-order valence-electron chi connectivity index (χ4n) is 2.41. The zero-order valence-electron chi connectivity index (χ0n) is 12.5. The van der Waals surface area contributed by atoms with Crippen molar-refractivity contribution in [2.24, 2.45) is 0 Å². The molecule has 0 saturated heterocycles. The van der Waals surface area contributed by atoms with E-state index in [1.165, 1.54) is 12.1 Å². The van der Waals surface area contributed by atoms with Crippen LogP contribution < -0.4 is 4.90 Å². The van der Waals surface area contributed by atoms with Gasteiger partial charge in [-0.15, -0.1) is 0 Å². The highest BCUT2D eigenvalue weighted by atomic mass is 127. The van der Waals surface area contributed by atoms with Crippen LogP contribution in [0.2, 0.25) is 0 Å². The summed E-state index contributed by atoms with van der Waals surface area (Å²) >= 11 is 2.22. The highest BCUT2D eigenvalue weighted by Crippen LogP contribution is 2.36. The third kappa shape index (κ3) is 3.72. The summed E-state index contributed by atoms with van der Waals surface area (Å²) in [6.45, 7) is 0. The van der Waals surface area contributed by atoms with Gasteiger partial charge in [0.15, 0.2) is 0 Å². The summed E-state index contributed by atoms with van der Waals surface area (Å²) < 4.78 is 39.5. The Kier molecular flexibility index (Phi) is 4.80. The van der Waals surface area contributed by atoms with Crippen LogP contribution in [0.15, 0.2) is 78.9 Å². The van der Waals surface area contributed by atoms with Gasteiger partial charge in [0.05, 0.1) is 5.56 Å². The van der Waals surface area contributed by atoms with Crippen LogP contribution in [-0.4, -0.2) is 0 Å². The van der Waals surface area contributed by atoms with Crippen LogP contribution >= 0.6 is 22.6 Å². The Bertz CT molecular complexity index is 797. The maximum Gasteiger partial charge on any atom is 0.416 e. The number of anilines is 3. The second kappa shape index (κ2) is 6.84. The van der Waals surface area contributed by atoms with Gasteiger partial charge in [-0.1, -0.05) is 18.2 Å². The number of nitrogens with zero attached hydrogens (tertiary/aromatic N) is 1. The first kappa shape index (κ1) is 16.8. The summed E-state index contributed by atoms with van der Waals surface area (Å²) in [5, 5.41) is 0. The topological polar surface area (TPSA) is 3.24 Å². The molecule has 3 rings (SSSR count). The zero-order valence-corrected chi connectivity index (χ0v) is 14.6. The monoisotopic (exact) mass is 439 g/mol. The summed E-state index contributed by atoms with van der Waals surface area (Å²) in [6.07, 6.45) is -4.33. The zero-order chi connectivity index (χ0) is 17.2. The molecule has 0 unspecified atom stereocenters. The Morgan fingerprint density at radius 3 is 1.58 bits per heavy atom. The average molecular weight is 439 g/mol. The Balaban J connectivity index is 2.06. The van der Waals surface area contributed by atoms with E-state index < -0.39 is 11.7 Å². The standard InChI is InChI=1S/C19H13F3IN/c20-19(21,22)14-6-10-17(11-7-14)24(16-4-2-1-3-5-16)18-12-8-15(23)9-13-18/h1-13H. The number of hydrogen-bond donors (Lipinski definition) is 0. The third-order valence-electron chi connectivity index (χ3n) is 3.55.